The summed E-state index contributed by atoms with van der Waals surface area (Å²) < 4.78 is 7.01. The molecule has 0 saturated carbocycles. The minimum absolute atomic E-state index is 0.0646. The fraction of sp³-hybridized carbons (Fsp3) is 0.545. The smallest absolute Gasteiger partial charge is 0.280 e. The summed E-state index contributed by atoms with van der Waals surface area (Å²) in [6.07, 6.45) is -1.41. The quantitative estimate of drug-likeness (QED) is 0.411. The summed E-state index contributed by atoms with van der Waals surface area (Å²) in [6, 6.07) is 0. The number of aromatic nitrogens is 4. The second kappa shape index (κ2) is 4.49. The zero-order valence-corrected chi connectivity index (χ0v) is 11.2. The topological polar surface area (TPSA) is 165 Å². The van der Waals surface area contributed by atoms with Gasteiger partial charge in [0.1, 0.15) is 12.2 Å². The van der Waals surface area contributed by atoms with E-state index in [4.69, 9.17) is 16.2 Å². The van der Waals surface area contributed by atoms with Gasteiger partial charge < -0.3 is 26.4 Å². The standard InChI is InChI=1S/C11H16N6O4/c1-11(13)6(19)4(2-18)21-9(11)17-3-14-5-7(17)15-10(12)16-8(5)20/h3-4,6,9,18-19H,2,13H2,1H3,(H3,12,15,16,20)/t4-,6?,9-,11-/m1/s1. The maximum Gasteiger partial charge on any atom is 0.280 e. The lowest BCUT2D eigenvalue weighted by Crippen LogP contribution is -2.52. The van der Waals surface area contributed by atoms with E-state index >= 15 is 0 Å². The van der Waals surface area contributed by atoms with Gasteiger partial charge in [-0.05, 0) is 6.92 Å². The number of hydrogen-bond donors (Lipinski definition) is 5. The number of anilines is 1. The number of nitrogens with zero attached hydrogens (tertiary/aromatic N) is 3. The number of nitrogen functional groups attached to an aromatic ring is 1. The third-order valence-electron chi connectivity index (χ3n) is 3.71. The van der Waals surface area contributed by atoms with E-state index in [-0.39, 0.29) is 23.7 Å². The average Bonchev–Trinajstić information content (AvgIpc) is 2.91. The zero-order valence-electron chi connectivity index (χ0n) is 11.2. The van der Waals surface area contributed by atoms with Crippen LogP contribution in [-0.2, 0) is 4.74 Å². The van der Waals surface area contributed by atoms with Crippen LogP contribution < -0.4 is 17.0 Å². The summed E-state index contributed by atoms with van der Waals surface area (Å²) in [4.78, 5) is 22.1. The summed E-state index contributed by atoms with van der Waals surface area (Å²) in [7, 11) is 0. The van der Waals surface area contributed by atoms with Crippen molar-refractivity contribution in [1.82, 2.24) is 19.5 Å². The van der Waals surface area contributed by atoms with Crippen molar-refractivity contribution in [2.45, 2.75) is 30.9 Å². The number of imidazole rings is 1. The Morgan fingerprint density at radius 1 is 1.62 bits per heavy atom. The SMILES string of the molecule is C[C@@]1(N)C(O)[C@@H](CO)O[C@H]1n1cnc2c(=O)[nH]c(N)nc21. The molecule has 10 nitrogen and oxygen atoms in total. The molecule has 3 rings (SSSR count). The molecule has 0 amide bonds. The number of H-pyrrole nitrogens is 1. The molecule has 10 heteroatoms. The van der Waals surface area contributed by atoms with Gasteiger partial charge in [0, 0.05) is 0 Å². The maximum absolute atomic E-state index is 11.8. The van der Waals surface area contributed by atoms with Crippen LogP contribution in [0.3, 0.4) is 0 Å². The number of aromatic amines is 1. The average molecular weight is 296 g/mol. The molecule has 0 spiro atoms. The first-order valence-electron chi connectivity index (χ1n) is 6.32. The van der Waals surface area contributed by atoms with Crippen LogP contribution in [0.15, 0.2) is 11.1 Å². The highest BCUT2D eigenvalue weighted by Gasteiger charge is 2.51. The first kappa shape index (κ1) is 13.9. The van der Waals surface area contributed by atoms with E-state index in [0.29, 0.717) is 0 Å². The van der Waals surface area contributed by atoms with Crippen LogP contribution in [-0.4, -0.2) is 54.1 Å². The Balaban J connectivity index is 2.15. The second-order valence-electron chi connectivity index (χ2n) is 5.30. The molecule has 114 valence electrons. The van der Waals surface area contributed by atoms with Crippen LogP contribution in [0.4, 0.5) is 5.95 Å². The fourth-order valence-electron chi connectivity index (χ4n) is 2.56. The van der Waals surface area contributed by atoms with E-state index in [1.54, 1.807) is 6.92 Å². The van der Waals surface area contributed by atoms with Gasteiger partial charge in [0.15, 0.2) is 17.4 Å². The number of ether oxygens (including phenoxy) is 1. The fourth-order valence-corrected chi connectivity index (χ4v) is 2.56. The molecule has 0 bridgehead atoms. The summed E-state index contributed by atoms with van der Waals surface area (Å²) in [5.41, 5.74) is 10.3. The summed E-state index contributed by atoms with van der Waals surface area (Å²) in [6.45, 7) is 1.20. The van der Waals surface area contributed by atoms with E-state index in [9.17, 15) is 15.0 Å². The van der Waals surface area contributed by atoms with Crippen molar-refractivity contribution in [3.05, 3.63) is 16.7 Å². The highest BCUT2D eigenvalue weighted by Crippen LogP contribution is 2.37. The molecule has 21 heavy (non-hydrogen) atoms. The van der Waals surface area contributed by atoms with Gasteiger partial charge in [-0.25, -0.2) is 4.98 Å². The Labute approximate surface area is 118 Å². The van der Waals surface area contributed by atoms with Gasteiger partial charge in [0.05, 0.1) is 18.5 Å². The summed E-state index contributed by atoms with van der Waals surface area (Å²) in [5, 5.41) is 19.3. The van der Waals surface area contributed by atoms with Crippen molar-refractivity contribution in [3.63, 3.8) is 0 Å². The molecular formula is C11H16N6O4. The van der Waals surface area contributed by atoms with Crippen molar-refractivity contribution in [1.29, 1.82) is 0 Å². The highest BCUT2D eigenvalue weighted by atomic mass is 16.5. The van der Waals surface area contributed by atoms with E-state index in [1.807, 2.05) is 0 Å². The summed E-state index contributed by atoms with van der Waals surface area (Å²) >= 11 is 0. The lowest BCUT2D eigenvalue weighted by Gasteiger charge is -2.28. The zero-order chi connectivity index (χ0) is 15.4. The number of rotatable bonds is 2. The molecule has 0 radical (unpaired) electrons. The minimum Gasteiger partial charge on any atom is -0.394 e. The molecule has 1 unspecified atom stereocenters. The van der Waals surface area contributed by atoms with E-state index in [0.717, 1.165) is 0 Å². The van der Waals surface area contributed by atoms with Crippen LogP contribution >= 0.6 is 0 Å². The predicted octanol–water partition coefficient (Wildman–Crippen LogP) is -2.33. The minimum atomic E-state index is -1.19. The normalized spacial score (nSPS) is 32.9. The van der Waals surface area contributed by atoms with Crippen LogP contribution in [0.5, 0.6) is 0 Å². The Hall–Kier alpha value is -2.01. The van der Waals surface area contributed by atoms with Crippen molar-refractivity contribution >= 4 is 17.1 Å². The first-order valence-corrected chi connectivity index (χ1v) is 6.32. The third-order valence-corrected chi connectivity index (χ3v) is 3.71. The monoisotopic (exact) mass is 296 g/mol. The molecule has 1 saturated heterocycles. The van der Waals surface area contributed by atoms with Crippen molar-refractivity contribution in [2.75, 3.05) is 12.3 Å². The molecule has 1 aliphatic rings. The van der Waals surface area contributed by atoms with E-state index < -0.39 is 29.5 Å². The first-order chi connectivity index (χ1) is 9.86. The number of nitrogens with one attached hydrogen (secondary N) is 1. The highest BCUT2D eigenvalue weighted by molar-refractivity contribution is 5.70. The van der Waals surface area contributed by atoms with E-state index in [1.165, 1.54) is 10.9 Å². The lowest BCUT2D eigenvalue weighted by atomic mass is 9.93. The molecule has 1 fully saturated rings. The van der Waals surface area contributed by atoms with Crippen LogP contribution in [0.25, 0.3) is 11.2 Å². The van der Waals surface area contributed by atoms with Crippen LogP contribution in [0.1, 0.15) is 13.2 Å². The molecule has 7 N–H and O–H groups in total. The number of aliphatic hydroxyl groups is 2. The Morgan fingerprint density at radius 2 is 2.33 bits per heavy atom. The number of fused-ring (bicyclic) bond motifs is 1. The van der Waals surface area contributed by atoms with Gasteiger partial charge >= 0.3 is 0 Å². The van der Waals surface area contributed by atoms with Gasteiger partial charge in [-0.15, -0.1) is 0 Å². The Bertz CT molecular complexity index is 738. The Morgan fingerprint density at radius 3 is 2.95 bits per heavy atom. The van der Waals surface area contributed by atoms with Crippen molar-refractivity contribution < 1.29 is 14.9 Å². The van der Waals surface area contributed by atoms with Gasteiger partial charge in [0.25, 0.3) is 5.56 Å². The molecular weight excluding hydrogens is 280 g/mol. The molecule has 1 aliphatic heterocycles. The van der Waals surface area contributed by atoms with Crippen molar-refractivity contribution in [3.8, 4) is 0 Å². The number of hydrogen-bond acceptors (Lipinski definition) is 8. The van der Waals surface area contributed by atoms with Gasteiger partial charge in [0.2, 0.25) is 5.95 Å². The molecule has 0 aliphatic carbocycles. The van der Waals surface area contributed by atoms with Crippen LogP contribution in [0.2, 0.25) is 0 Å². The predicted molar refractivity (Wildman–Crippen MR) is 72.2 cm³/mol. The van der Waals surface area contributed by atoms with Gasteiger partial charge in [-0.1, -0.05) is 0 Å². The summed E-state index contributed by atoms with van der Waals surface area (Å²) in [5.74, 6) is -0.0646. The van der Waals surface area contributed by atoms with E-state index in [2.05, 4.69) is 15.0 Å². The number of aliphatic hydroxyl groups excluding tert-OH is 2. The van der Waals surface area contributed by atoms with Crippen LogP contribution in [0, 0.1) is 0 Å². The molecule has 3 heterocycles. The molecule has 2 aromatic rings. The molecule has 0 aromatic carbocycles. The largest absolute Gasteiger partial charge is 0.394 e. The lowest BCUT2D eigenvalue weighted by molar-refractivity contribution is -0.0455. The van der Waals surface area contributed by atoms with Gasteiger partial charge in [-0.3, -0.25) is 14.3 Å². The number of nitrogens with two attached hydrogens (primary N) is 2. The third kappa shape index (κ3) is 1.92. The molecule has 2 aromatic heterocycles. The van der Waals surface area contributed by atoms with Gasteiger partial charge in [-0.2, -0.15) is 4.98 Å². The second-order valence-corrected chi connectivity index (χ2v) is 5.30. The maximum atomic E-state index is 11.8. The van der Waals surface area contributed by atoms with Crippen molar-refractivity contribution in [2.24, 2.45) is 5.73 Å². The Kier molecular flexibility index (Phi) is 2.99. The molecule has 4 atom stereocenters.